The van der Waals surface area contributed by atoms with Crippen LogP contribution in [0.2, 0.25) is 0 Å². The lowest BCUT2D eigenvalue weighted by Gasteiger charge is -2.01. The molecule has 0 spiro atoms. The lowest BCUT2D eigenvalue weighted by atomic mass is 10.1. The molecule has 19 heavy (non-hydrogen) atoms. The van der Waals surface area contributed by atoms with Crippen LogP contribution in [0.4, 0.5) is 0 Å². The molecular formula is C15H15N3O. The molecule has 2 heterocycles. The number of hydrogen-bond donors (Lipinski definition) is 1. The van der Waals surface area contributed by atoms with Crippen molar-refractivity contribution in [3.8, 4) is 0 Å². The molecular weight excluding hydrogens is 238 g/mol. The van der Waals surface area contributed by atoms with Crippen molar-refractivity contribution in [2.75, 3.05) is 7.05 Å². The first-order chi connectivity index (χ1) is 9.19. The molecule has 0 bridgehead atoms. The Balaban J connectivity index is 2.73. The average Bonchev–Trinajstić information content (AvgIpc) is 2.80. The van der Waals surface area contributed by atoms with Gasteiger partial charge in [-0.25, -0.2) is 4.98 Å². The topological polar surface area (TPSA) is 49.9 Å². The van der Waals surface area contributed by atoms with E-state index >= 15 is 0 Å². The summed E-state index contributed by atoms with van der Waals surface area (Å²) in [6.45, 7) is 7.37. The van der Waals surface area contributed by atoms with E-state index in [4.69, 9.17) is 0 Å². The molecule has 0 saturated heterocycles. The first kappa shape index (κ1) is 12.8. The van der Waals surface area contributed by atoms with Crippen LogP contribution in [0.3, 0.4) is 0 Å². The zero-order chi connectivity index (χ0) is 13.8. The van der Waals surface area contributed by atoms with Gasteiger partial charge in [0.05, 0.1) is 11.3 Å². The van der Waals surface area contributed by atoms with E-state index in [1.807, 2.05) is 28.8 Å². The molecule has 0 unspecified atom stereocenters. The minimum absolute atomic E-state index is 0.00461. The number of nitrogens with zero attached hydrogens (tertiary/aromatic N) is 3. The lowest BCUT2D eigenvalue weighted by molar-refractivity contribution is 0.514. The number of aliphatic hydroxyl groups excluding tert-OH is 1. The highest BCUT2D eigenvalue weighted by molar-refractivity contribution is 5.89. The Morgan fingerprint density at radius 2 is 2.32 bits per heavy atom. The molecule has 4 nitrogen and oxygen atoms in total. The van der Waals surface area contributed by atoms with Crippen molar-refractivity contribution in [1.29, 1.82) is 0 Å². The average molecular weight is 253 g/mol. The molecule has 4 heteroatoms. The van der Waals surface area contributed by atoms with Crippen LogP contribution in [0.25, 0.3) is 17.0 Å². The standard InChI is InChI=1S/C15H15N3O/c1-4-12(6-8-16-3)14-10-13(11(2)19)15-17-7-5-9-18(14)15/h4-10,19H,1-2H2,3H3/b12-6+,16-8?. The van der Waals surface area contributed by atoms with E-state index in [0.29, 0.717) is 11.2 Å². The van der Waals surface area contributed by atoms with E-state index in [0.717, 1.165) is 11.3 Å². The molecule has 0 amide bonds. The van der Waals surface area contributed by atoms with Gasteiger partial charge in [-0.05, 0) is 23.8 Å². The largest absolute Gasteiger partial charge is 0.508 e. The van der Waals surface area contributed by atoms with Crippen molar-refractivity contribution in [2.24, 2.45) is 4.99 Å². The minimum atomic E-state index is -0.00461. The summed E-state index contributed by atoms with van der Waals surface area (Å²) in [6.07, 6.45) is 8.84. The molecule has 0 saturated carbocycles. The number of aliphatic imine (C=N–C) groups is 1. The van der Waals surface area contributed by atoms with Crippen LogP contribution >= 0.6 is 0 Å². The summed E-state index contributed by atoms with van der Waals surface area (Å²) in [5, 5.41) is 9.65. The molecule has 96 valence electrons. The Labute approximate surface area is 111 Å². The van der Waals surface area contributed by atoms with Crippen LogP contribution in [0, 0.1) is 0 Å². The maximum Gasteiger partial charge on any atom is 0.148 e. The Hall–Kier alpha value is -2.62. The van der Waals surface area contributed by atoms with Crippen LogP contribution < -0.4 is 0 Å². The number of aromatic nitrogens is 2. The first-order valence-corrected chi connectivity index (χ1v) is 5.78. The fourth-order valence-corrected chi connectivity index (χ4v) is 1.88. The van der Waals surface area contributed by atoms with Crippen LogP contribution in [-0.2, 0) is 0 Å². The Bertz CT molecular complexity index is 692. The number of allylic oxidation sites excluding steroid dienone is 3. The summed E-state index contributed by atoms with van der Waals surface area (Å²) in [7, 11) is 1.70. The van der Waals surface area contributed by atoms with Gasteiger partial charge in [0.25, 0.3) is 0 Å². The van der Waals surface area contributed by atoms with Gasteiger partial charge in [-0.15, -0.1) is 0 Å². The molecule has 2 rings (SSSR count). The van der Waals surface area contributed by atoms with Gasteiger partial charge in [0.1, 0.15) is 11.4 Å². The van der Waals surface area contributed by atoms with Gasteiger partial charge in [-0.2, -0.15) is 0 Å². The van der Waals surface area contributed by atoms with Crippen molar-refractivity contribution in [3.05, 3.63) is 61.1 Å². The van der Waals surface area contributed by atoms with Gasteiger partial charge in [0.2, 0.25) is 0 Å². The molecule has 2 aromatic heterocycles. The molecule has 0 aliphatic heterocycles. The number of aliphatic hydroxyl groups is 1. The van der Waals surface area contributed by atoms with Crippen LogP contribution in [-0.4, -0.2) is 27.8 Å². The molecule has 0 aliphatic carbocycles. The van der Waals surface area contributed by atoms with E-state index < -0.39 is 0 Å². The molecule has 2 aromatic rings. The van der Waals surface area contributed by atoms with Crippen LogP contribution in [0.15, 0.2) is 54.8 Å². The normalized spacial score (nSPS) is 12.2. The first-order valence-electron chi connectivity index (χ1n) is 5.78. The van der Waals surface area contributed by atoms with Crippen molar-refractivity contribution in [3.63, 3.8) is 0 Å². The summed E-state index contributed by atoms with van der Waals surface area (Å²) in [5.41, 5.74) is 3.03. The number of rotatable bonds is 4. The second-order valence-corrected chi connectivity index (χ2v) is 3.94. The van der Waals surface area contributed by atoms with Gasteiger partial charge in [-0.3, -0.25) is 4.99 Å². The van der Waals surface area contributed by atoms with E-state index in [9.17, 15) is 5.11 Å². The third-order valence-corrected chi connectivity index (χ3v) is 2.76. The molecule has 0 aliphatic rings. The third-order valence-electron chi connectivity index (χ3n) is 2.76. The number of fused-ring (bicyclic) bond motifs is 1. The Morgan fingerprint density at radius 3 is 2.95 bits per heavy atom. The summed E-state index contributed by atoms with van der Waals surface area (Å²) >= 11 is 0. The molecule has 0 fully saturated rings. The highest BCUT2D eigenvalue weighted by atomic mass is 16.3. The van der Waals surface area contributed by atoms with Crippen LogP contribution in [0.1, 0.15) is 11.3 Å². The zero-order valence-electron chi connectivity index (χ0n) is 10.7. The monoisotopic (exact) mass is 253 g/mol. The van der Waals surface area contributed by atoms with E-state index in [2.05, 4.69) is 23.1 Å². The minimum Gasteiger partial charge on any atom is -0.508 e. The lowest BCUT2D eigenvalue weighted by Crippen LogP contribution is -1.92. The van der Waals surface area contributed by atoms with E-state index in [1.165, 1.54) is 0 Å². The maximum absolute atomic E-state index is 9.65. The van der Waals surface area contributed by atoms with Crippen molar-refractivity contribution >= 4 is 23.2 Å². The Kier molecular flexibility index (Phi) is 3.61. The zero-order valence-corrected chi connectivity index (χ0v) is 10.7. The Morgan fingerprint density at radius 1 is 1.53 bits per heavy atom. The third kappa shape index (κ3) is 2.33. The maximum atomic E-state index is 9.65. The van der Waals surface area contributed by atoms with E-state index in [1.54, 1.807) is 25.5 Å². The second-order valence-electron chi connectivity index (χ2n) is 3.94. The smallest absolute Gasteiger partial charge is 0.148 e. The van der Waals surface area contributed by atoms with Crippen molar-refractivity contribution < 1.29 is 5.11 Å². The van der Waals surface area contributed by atoms with Gasteiger partial charge < -0.3 is 9.51 Å². The fourth-order valence-electron chi connectivity index (χ4n) is 1.88. The predicted molar refractivity (Wildman–Crippen MR) is 79.4 cm³/mol. The quantitative estimate of drug-likeness (QED) is 0.517. The van der Waals surface area contributed by atoms with Gasteiger partial charge in [0, 0.05) is 25.7 Å². The van der Waals surface area contributed by atoms with Crippen LogP contribution in [0.5, 0.6) is 0 Å². The van der Waals surface area contributed by atoms with Gasteiger partial charge in [-0.1, -0.05) is 19.2 Å². The van der Waals surface area contributed by atoms with Crippen molar-refractivity contribution in [2.45, 2.75) is 0 Å². The molecule has 1 N–H and O–H groups in total. The number of hydrogen-bond acceptors (Lipinski definition) is 3. The van der Waals surface area contributed by atoms with Gasteiger partial charge >= 0.3 is 0 Å². The van der Waals surface area contributed by atoms with Crippen molar-refractivity contribution in [1.82, 2.24) is 9.38 Å². The fraction of sp³-hybridized carbons (Fsp3) is 0.0667. The van der Waals surface area contributed by atoms with Gasteiger partial charge in [0.15, 0.2) is 0 Å². The summed E-state index contributed by atoms with van der Waals surface area (Å²) < 4.78 is 1.88. The molecule has 0 atom stereocenters. The van der Waals surface area contributed by atoms with E-state index in [-0.39, 0.29) is 5.76 Å². The summed E-state index contributed by atoms with van der Waals surface area (Å²) in [6, 6.07) is 3.66. The predicted octanol–water partition coefficient (Wildman–Crippen LogP) is 3.13. The highest BCUT2D eigenvalue weighted by Gasteiger charge is 2.13. The second kappa shape index (κ2) is 5.35. The molecule has 0 radical (unpaired) electrons. The summed E-state index contributed by atoms with van der Waals surface area (Å²) in [5.74, 6) is -0.00461. The summed E-state index contributed by atoms with van der Waals surface area (Å²) in [4.78, 5) is 8.20. The SMILES string of the molecule is C=C/C(=C\C=NC)c1cc(C(=C)O)c2ncccn12. The highest BCUT2D eigenvalue weighted by Crippen LogP contribution is 2.25. The molecule has 0 aromatic carbocycles.